The number of amides is 1. The van der Waals surface area contributed by atoms with Crippen LogP contribution in [-0.4, -0.2) is 21.8 Å². The van der Waals surface area contributed by atoms with Gasteiger partial charge in [-0.05, 0) is 29.8 Å². The van der Waals surface area contributed by atoms with E-state index in [0.717, 1.165) is 21.2 Å². The molecule has 1 N–H and O–H groups in total. The number of nitrogens with one attached hydrogen (secondary N) is 1. The molecule has 4 aromatic rings. The van der Waals surface area contributed by atoms with Gasteiger partial charge in [0, 0.05) is 18.1 Å². The first kappa shape index (κ1) is 20.5. The van der Waals surface area contributed by atoms with Crippen LogP contribution in [0.15, 0.2) is 58.3 Å². The number of carbonyl (C=O) groups is 2. The van der Waals surface area contributed by atoms with Gasteiger partial charge in [-0.15, -0.1) is 22.7 Å². The lowest BCUT2D eigenvalue weighted by Crippen LogP contribution is -2.07. The number of para-hydroxylation sites is 1. The zero-order chi connectivity index (χ0) is 20.9. The fraction of sp³-hybridized carbons (Fsp3) is 0.143. The molecule has 0 saturated carbocycles. The summed E-state index contributed by atoms with van der Waals surface area (Å²) in [5.41, 5.74) is 3.21. The molecule has 1 amide bonds. The summed E-state index contributed by atoms with van der Waals surface area (Å²) in [7, 11) is 0. The van der Waals surface area contributed by atoms with E-state index in [1.54, 1.807) is 40.6 Å². The minimum Gasteiger partial charge on any atom is -0.456 e. The van der Waals surface area contributed by atoms with E-state index < -0.39 is 5.97 Å². The highest BCUT2D eigenvalue weighted by atomic mass is 32.2. The molecule has 2 aromatic carbocycles. The molecule has 0 aliphatic rings. The third-order valence-corrected chi connectivity index (χ3v) is 7.07. The molecule has 0 saturated heterocycles. The summed E-state index contributed by atoms with van der Waals surface area (Å²) in [6.45, 7) is 1.48. The molecule has 2 heterocycles. The predicted molar refractivity (Wildman–Crippen MR) is 121 cm³/mol. The van der Waals surface area contributed by atoms with Gasteiger partial charge in [-0.25, -0.2) is 14.8 Å². The highest BCUT2D eigenvalue weighted by Crippen LogP contribution is 2.31. The maximum atomic E-state index is 12.3. The van der Waals surface area contributed by atoms with Crippen molar-refractivity contribution in [2.75, 3.05) is 5.32 Å². The highest BCUT2D eigenvalue weighted by molar-refractivity contribution is 8.00. The Balaban J connectivity index is 1.29. The van der Waals surface area contributed by atoms with Gasteiger partial charge in [0.15, 0.2) is 9.47 Å². The van der Waals surface area contributed by atoms with Crippen LogP contribution < -0.4 is 5.32 Å². The number of benzene rings is 2. The molecule has 0 bridgehead atoms. The maximum absolute atomic E-state index is 12.3. The van der Waals surface area contributed by atoms with Gasteiger partial charge >= 0.3 is 5.97 Å². The molecule has 0 spiro atoms. The van der Waals surface area contributed by atoms with E-state index in [4.69, 9.17) is 4.74 Å². The first-order valence-electron chi connectivity index (χ1n) is 9.03. The second-order valence-corrected chi connectivity index (χ2v) is 9.45. The van der Waals surface area contributed by atoms with Crippen molar-refractivity contribution < 1.29 is 14.3 Å². The summed E-state index contributed by atoms with van der Waals surface area (Å²) < 4.78 is 7.53. The summed E-state index contributed by atoms with van der Waals surface area (Å²) in [6.07, 6.45) is 0. The molecule has 152 valence electrons. The van der Waals surface area contributed by atoms with E-state index in [0.29, 0.717) is 16.4 Å². The zero-order valence-corrected chi connectivity index (χ0v) is 18.4. The van der Waals surface area contributed by atoms with Crippen molar-refractivity contribution in [3.8, 4) is 0 Å². The second kappa shape index (κ2) is 9.38. The van der Waals surface area contributed by atoms with Gasteiger partial charge in [0.05, 0.1) is 21.5 Å². The predicted octanol–water partition coefficient (Wildman–Crippen LogP) is 5.36. The second-order valence-electron chi connectivity index (χ2n) is 6.33. The van der Waals surface area contributed by atoms with Gasteiger partial charge < -0.3 is 10.1 Å². The molecule has 2 aromatic heterocycles. The van der Waals surface area contributed by atoms with Gasteiger partial charge in [-0.2, -0.15) is 0 Å². The molecule has 0 atom stereocenters. The lowest BCUT2D eigenvalue weighted by molar-refractivity contribution is -0.114. The Morgan fingerprint density at radius 2 is 1.90 bits per heavy atom. The van der Waals surface area contributed by atoms with Gasteiger partial charge in [-0.3, -0.25) is 4.79 Å². The number of esters is 1. The molecule has 9 heteroatoms. The monoisotopic (exact) mass is 455 g/mol. The van der Waals surface area contributed by atoms with Crippen LogP contribution in [0.4, 0.5) is 5.13 Å². The first-order valence-corrected chi connectivity index (χ1v) is 11.7. The van der Waals surface area contributed by atoms with E-state index in [1.165, 1.54) is 23.0 Å². The molecular weight excluding hydrogens is 438 g/mol. The molecule has 0 radical (unpaired) electrons. The van der Waals surface area contributed by atoms with Crippen LogP contribution in [0.1, 0.15) is 28.5 Å². The largest absolute Gasteiger partial charge is 0.456 e. The summed E-state index contributed by atoms with van der Waals surface area (Å²) in [5.74, 6) is 0.184. The maximum Gasteiger partial charge on any atom is 0.338 e. The number of ether oxygens (including phenoxy) is 1. The van der Waals surface area contributed by atoms with Crippen molar-refractivity contribution in [3.63, 3.8) is 0 Å². The Morgan fingerprint density at radius 3 is 2.67 bits per heavy atom. The Kier molecular flexibility index (Phi) is 6.41. The molecule has 0 fully saturated rings. The van der Waals surface area contributed by atoms with Crippen molar-refractivity contribution in [2.45, 2.75) is 23.6 Å². The van der Waals surface area contributed by atoms with Crippen LogP contribution in [0.25, 0.3) is 10.2 Å². The van der Waals surface area contributed by atoms with Crippen LogP contribution in [-0.2, 0) is 21.9 Å². The van der Waals surface area contributed by atoms with E-state index in [1.807, 2.05) is 30.3 Å². The smallest absolute Gasteiger partial charge is 0.338 e. The fourth-order valence-electron chi connectivity index (χ4n) is 2.60. The molecule has 4 rings (SSSR count). The van der Waals surface area contributed by atoms with E-state index in [-0.39, 0.29) is 12.5 Å². The number of hydrogen-bond acceptors (Lipinski definition) is 8. The average Bonchev–Trinajstić information content (AvgIpc) is 3.36. The Bertz CT molecular complexity index is 1150. The van der Waals surface area contributed by atoms with Crippen LogP contribution in [0.5, 0.6) is 0 Å². The number of hydrogen-bond donors (Lipinski definition) is 1. The standard InChI is InChI=1S/C21H17N3O3S3/c1-13(25)22-20-23-16(12-28-20)10-27-19(26)15-8-6-14(7-9-15)11-29-21-24-17-4-2-3-5-18(17)30-21/h2-9,12H,10-11H2,1H3,(H,22,23,25). The highest BCUT2D eigenvalue weighted by Gasteiger charge is 2.10. The van der Waals surface area contributed by atoms with Crippen molar-refractivity contribution in [3.05, 3.63) is 70.7 Å². The number of thioether (sulfide) groups is 1. The lowest BCUT2D eigenvalue weighted by atomic mass is 10.1. The fourth-order valence-corrected chi connectivity index (χ4v) is 5.36. The van der Waals surface area contributed by atoms with Crippen LogP contribution in [0, 0.1) is 0 Å². The first-order chi connectivity index (χ1) is 14.6. The Hall–Kier alpha value is -2.75. The minimum absolute atomic E-state index is 0.0597. The Morgan fingerprint density at radius 1 is 1.10 bits per heavy atom. The van der Waals surface area contributed by atoms with Gasteiger partial charge in [0.1, 0.15) is 6.61 Å². The van der Waals surface area contributed by atoms with Gasteiger partial charge in [-0.1, -0.05) is 36.0 Å². The number of carbonyl (C=O) groups excluding carboxylic acids is 2. The summed E-state index contributed by atoms with van der Waals surface area (Å²) >= 11 is 4.66. The number of fused-ring (bicyclic) bond motifs is 1. The molecule has 0 aliphatic heterocycles. The SMILES string of the molecule is CC(=O)Nc1nc(COC(=O)c2ccc(CSc3nc4ccccc4s3)cc2)cs1. The van der Waals surface area contributed by atoms with E-state index in [9.17, 15) is 9.59 Å². The third kappa shape index (κ3) is 5.24. The summed E-state index contributed by atoms with van der Waals surface area (Å²) in [5, 5.41) is 4.84. The van der Waals surface area contributed by atoms with Crippen molar-refractivity contribution in [2.24, 2.45) is 0 Å². The third-order valence-electron chi connectivity index (χ3n) is 4.01. The van der Waals surface area contributed by atoms with E-state index in [2.05, 4.69) is 21.4 Å². The minimum atomic E-state index is -0.408. The van der Waals surface area contributed by atoms with Gasteiger partial charge in [0.25, 0.3) is 0 Å². The average molecular weight is 456 g/mol. The van der Waals surface area contributed by atoms with Crippen LogP contribution in [0.3, 0.4) is 0 Å². The van der Waals surface area contributed by atoms with Crippen molar-refractivity contribution in [1.29, 1.82) is 0 Å². The lowest BCUT2D eigenvalue weighted by Gasteiger charge is -2.04. The van der Waals surface area contributed by atoms with Gasteiger partial charge in [0.2, 0.25) is 5.91 Å². The van der Waals surface area contributed by atoms with Crippen LogP contribution >= 0.6 is 34.4 Å². The van der Waals surface area contributed by atoms with Crippen molar-refractivity contribution in [1.82, 2.24) is 9.97 Å². The zero-order valence-electron chi connectivity index (χ0n) is 16.0. The summed E-state index contributed by atoms with van der Waals surface area (Å²) in [4.78, 5) is 32.1. The number of nitrogens with zero attached hydrogens (tertiary/aromatic N) is 2. The topological polar surface area (TPSA) is 81.2 Å². The molecule has 6 nitrogen and oxygen atoms in total. The molecular formula is C21H17N3O3S3. The number of aromatic nitrogens is 2. The number of anilines is 1. The number of rotatable bonds is 7. The van der Waals surface area contributed by atoms with Crippen LogP contribution in [0.2, 0.25) is 0 Å². The Labute approximate surface area is 185 Å². The molecule has 0 unspecified atom stereocenters. The normalized spacial score (nSPS) is 10.8. The molecule has 30 heavy (non-hydrogen) atoms. The summed E-state index contributed by atoms with van der Waals surface area (Å²) in [6, 6.07) is 15.5. The van der Waals surface area contributed by atoms with Crippen molar-refractivity contribution >= 4 is 61.7 Å². The quantitative estimate of drug-likeness (QED) is 0.298. The number of thiazole rings is 2. The van der Waals surface area contributed by atoms with E-state index >= 15 is 0 Å². The molecule has 0 aliphatic carbocycles.